The van der Waals surface area contributed by atoms with Crippen LogP contribution in [0.5, 0.6) is 0 Å². The second-order valence-corrected chi connectivity index (χ2v) is 3.10. The standard InChI is InChI=1S/C2H6S2.CH2O2.H2N.Ni/c1-3-4-2;2-1-3;;/h1-2H3;1H,(H,2,3);1H2;/q;;-1;+2/p-1. The Morgan fingerprint density at radius 3 is 1.56 bits per heavy atom. The molecule has 60 valence electrons. The van der Waals surface area contributed by atoms with Gasteiger partial charge in [-0.25, -0.2) is 0 Å². The first-order chi connectivity index (χ1) is 4.33. The van der Waals surface area contributed by atoms with E-state index in [1.807, 2.05) is 0 Å². The first-order valence-electron chi connectivity index (χ1n) is 1.64. The van der Waals surface area contributed by atoms with Gasteiger partial charge in [0.05, 0.1) is 0 Å². The Balaban J connectivity index is -0.0000000646. The molecule has 0 aliphatic rings. The van der Waals surface area contributed by atoms with Gasteiger partial charge in [-0.1, -0.05) is 21.6 Å². The number of carboxylic acid groups (broad SMARTS) is 1. The predicted molar refractivity (Wildman–Crippen MR) is 37.3 cm³/mol. The van der Waals surface area contributed by atoms with Gasteiger partial charge in [0.2, 0.25) is 0 Å². The summed E-state index contributed by atoms with van der Waals surface area (Å²) < 4.78 is 0. The molecule has 0 bridgehead atoms. The molecular formula is C3H9NNiO2S2. The van der Waals surface area contributed by atoms with Crippen LogP contribution >= 0.6 is 21.6 Å². The molecule has 0 aliphatic carbocycles. The van der Waals surface area contributed by atoms with Crippen molar-refractivity contribution in [2.45, 2.75) is 0 Å². The predicted octanol–water partition coefficient (Wildman–Crippen LogP) is -0.600. The summed E-state index contributed by atoms with van der Waals surface area (Å²) in [6.07, 6.45) is 4.12. The Hall–Kier alpha value is 0.624. The Kier molecular flexibility index (Phi) is 69.2. The SMILES string of the molecule is CSSC.O=C[O-].[NH2][Ni+]. The zero-order chi connectivity index (χ0) is 8.12. The summed E-state index contributed by atoms with van der Waals surface area (Å²) in [5.41, 5.74) is 0. The van der Waals surface area contributed by atoms with E-state index in [9.17, 15) is 0 Å². The van der Waals surface area contributed by atoms with Crippen LogP contribution in [0.25, 0.3) is 0 Å². The summed E-state index contributed by atoms with van der Waals surface area (Å²) >= 11 is 3.38. The minimum atomic E-state index is -0.500. The molecule has 0 amide bonds. The van der Waals surface area contributed by atoms with Crippen molar-refractivity contribution in [1.29, 1.82) is 0 Å². The molecule has 0 aromatic rings. The van der Waals surface area contributed by atoms with E-state index in [1.165, 1.54) is 0 Å². The molecule has 0 unspecified atom stereocenters. The van der Waals surface area contributed by atoms with E-state index in [4.69, 9.17) is 9.90 Å². The van der Waals surface area contributed by atoms with Crippen molar-refractivity contribution >= 4 is 28.1 Å². The Labute approximate surface area is 71.1 Å². The summed E-state index contributed by atoms with van der Waals surface area (Å²) in [7, 11) is 3.55. The fourth-order valence-corrected chi connectivity index (χ4v) is 0. The van der Waals surface area contributed by atoms with Crippen LogP contribution in [0.15, 0.2) is 0 Å². The summed E-state index contributed by atoms with van der Waals surface area (Å²) in [4.78, 5) is 12.4. The van der Waals surface area contributed by atoms with Crippen LogP contribution in [-0.4, -0.2) is 19.0 Å². The van der Waals surface area contributed by atoms with Gasteiger partial charge in [0.15, 0.2) is 0 Å². The van der Waals surface area contributed by atoms with Gasteiger partial charge in [-0.3, -0.25) is 0 Å². The van der Waals surface area contributed by atoms with Gasteiger partial charge < -0.3 is 9.90 Å². The number of carbonyl (C=O) groups is 1. The van der Waals surface area contributed by atoms with E-state index in [1.54, 1.807) is 21.6 Å². The van der Waals surface area contributed by atoms with Gasteiger partial charge in [0.25, 0.3) is 0 Å². The number of hydrogen-bond acceptors (Lipinski definition) is 5. The van der Waals surface area contributed by atoms with Crippen molar-refractivity contribution < 1.29 is 25.6 Å². The van der Waals surface area contributed by atoms with Crippen LogP contribution < -0.4 is 9.92 Å². The van der Waals surface area contributed by atoms with Gasteiger partial charge in [-0.2, -0.15) is 0 Å². The van der Waals surface area contributed by atoms with Crippen molar-refractivity contribution in [1.82, 2.24) is 0 Å². The van der Waals surface area contributed by atoms with E-state index < -0.39 is 6.47 Å². The van der Waals surface area contributed by atoms with E-state index in [0.717, 1.165) is 0 Å². The van der Waals surface area contributed by atoms with E-state index in [0.29, 0.717) is 0 Å². The van der Waals surface area contributed by atoms with Crippen LogP contribution in [0.4, 0.5) is 0 Å². The van der Waals surface area contributed by atoms with Crippen LogP contribution in [0.3, 0.4) is 0 Å². The molecular weight excluding hydrogens is 205 g/mol. The van der Waals surface area contributed by atoms with E-state index >= 15 is 0 Å². The third-order valence-corrected chi connectivity index (χ3v) is 1.50. The van der Waals surface area contributed by atoms with Crippen LogP contribution in [0.2, 0.25) is 0 Å². The second-order valence-electron chi connectivity index (χ2n) is 0.430. The molecule has 0 aliphatic heterocycles. The molecule has 0 spiro atoms. The quantitative estimate of drug-likeness (QED) is 0.358. The van der Waals surface area contributed by atoms with Crippen LogP contribution in [-0.2, 0) is 20.5 Å². The first kappa shape index (κ1) is 16.3. The summed E-state index contributed by atoms with van der Waals surface area (Å²) in [5, 5.41) is 8.25. The molecule has 0 saturated carbocycles. The molecule has 0 fully saturated rings. The third-order valence-electron chi connectivity index (χ3n) is 0.167. The average molecular weight is 214 g/mol. The van der Waals surface area contributed by atoms with Crippen molar-refractivity contribution in [2.75, 3.05) is 12.5 Å². The normalized spacial score (nSPS) is 5.44. The Morgan fingerprint density at radius 1 is 1.44 bits per heavy atom. The minimum absolute atomic E-state index is 0.500. The summed E-state index contributed by atoms with van der Waals surface area (Å²) in [5.74, 6) is 0. The average Bonchev–Trinajstić information content (AvgIpc) is 1.94. The Bertz CT molecular complexity index is 39.0. The van der Waals surface area contributed by atoms with Gasteiger partial charge in [0.1, 0.15) is 0 Å². The summed E-state index contributed by atoms with van der Waals surface area (Å²) in [6.45, 7) is -0.500. The number of hydrogen-bond donors (Lipinski definition) is 1. The molecule has 0 saturated heterocycles. The fourth-order valence-electron chi connectivity index (χ4n) is 0. The first-order valence-corrected chi connectivity index (χ1v) is 5.17. The van der Waals surface area contributed by atoms with Gasteiger partial charge in [-0.05, 0) is 12.5 Å². The van der Waals surface area contributed by atoms with Gasteiger partial charge >= 0.3 is 20.5 Å². The zero-order valence-electron chi connectivity index (χ0n) is 5.10. The fraction of sp³-hybridized carbons (Fsp3) is 0.667. The molecule has 0 atom stereocenters. The van der Waals surface area contributed by atoms with Gasteiger partial charge in [0, 0.05) is 6.47 Å². The second kappa shape index (κ2) is 38.2. The molecule has 0 heterocycles. The third kappa shape index (κ3) is 144. The van der Waals surface area contributed by atoms with E-state index in [2.05, 4.69) is 33.0 Å². The van der Waals surface area contributed by atoms with Gasteiger partial charge in [-0.15, -0.1) is 0 Å². The molecule has 0 rings (SSSR count). The van der Waals surface area contributed by atoms with Crippen molar-refractivity contribution in [2.24, 2.45) is 4.81 Å². The molecule has 0 aromatic heterocycles. The van der Waals surface area contributed by atoms with Crippen molar-refractivity contribution in [3.63, 3.8) is 0 Å². The topological polar surface area (TPSA) is 66.1 Å². The Morgan fingerprint density at radius 2 is 1.56 bits per heavy atom. The maximum atomic E-state index is 8.25. The molecule has 6 heteroatoms. The van der Waals surface area contributed by atoms with Crippen LogP contribution in [0.1, 0.15) is 0 Å². The molecule has 2 N–H and O–H groups in total. The molecule has 3 nitrogen and oxygen atoms in total. The number of rotatable bonds is 1. The van der Waals surface area contributed by atoms with Crippen molar-refractivity contribution in [3.05, 3.63) is 0 Å². The molecule has 0 aromatic carbocycles. The molecule has 9 heavy (non-hydrogen) atoms. The van der Waals surface area contributed by atoms with E-state index in [-0.39, 0.29) is 0 Å². The number of nitrogens with two attached hydrogens (primary N) is 1. The zero-order valence-corrected chi connectivity index (χ0v) is 7.72. The van der Waals surface area contributed by atoms with Crippen molar-refractivity contribution in [3.8, 4) is 0 Å². The maximum absolute atomic E-state index is 8.25. The monoisotopic (exact) mass is 213 g/mol. The molecule has 0 radical (unpaired) electrons. The summed E-state index contributed by atoms with van der Waals surface area (Å²) in [6, 6.07) is 0. The number of carbonyl (C=O) groups excluding carboxylic acids is 1. The van der Waals surface area contributed by atoms with Crippen LogP contribution in [0, 0.1) is 0 Å².